The zero-order valence-corrected chi connectivity index (χ0v) is 10.6. The van der Waals surface area contributed by atoms with Crippen LogP contribution in [0.25, 0.3) is 0 Å². The highest BCUT2D eigenvalue weighted by molar-refractivity contribution is 5.80. The lowest BCUT2D eigenvalue weighted by molar-refractivity contribution is -0.131. The number of carbonyl (C=O) groups is 1. The molecule has 1 saturated heterocycles. The molecule has 96 valence electrons. The quantitative estimate of drug-likeness (QED) is 0.756. The van der Waals surface area contributed by atoms with Crippen molar-refractivity contribution in [1.29, 1.82) is 5.26 Å². The first-order valence-electron chi connectivity index (χ1n) is 6.66. The predicted molar refractivity (Wildman–Crippen MR) is 68.4 cm³/mol. The molecule has 1 N–H and O–H groups in total. The van der Waals surface area contributed by atoms with E-state index >= 15 is 0 Å². The summed E-state index contributed by atoms with van der Waals surface area (Å²) >= 11 is 0. The van der Waals surface area contributed by atoms with Crippen LogP contribution < -0.4 is 5.32 Å². The van der Waals surface area contributed by atoms with Crippen molar-refractivity contribution in [2.24, 2.45) is 0 Å². The van der Waals surface area contributed by atoms with Crippen LogP contribution in [0.1, 0.15) is 38.5 Å². The summed E-state index contributed by atoms with van der Waals surface area (Å²) in [5.74, 6) is 2.58. The van der Waals surface area contributed by atoms with Crippen LogP contribution in [0.5, 0.6) is 0 Å². The first kappa shape index (κ1) is 12.9. The lowest BCUT2D eigenvalue weighted by Crippen LogP contribution is -2.46. The zero-order chi connectivity index (χ0) is 13.0. The Hall–Kier alpha value is -1.52. The summed E-state index contributed by atoms with van der Waals surface area (Å²) in [5.41, 5.74) is 0. The van der Waals surface area contributed by atoms with Crippen molar-refractivity contribution in [2.75, 3.05) is 6.54 Å². The van der Waals surface area contributed by atoms with E-state index in [2.05, 4.69) is 17.3 Å². The fourth-order valence-electron chi connectivity index (χ4n) is 2.90. The molecule has 2 aliphatic rings. The number of likely N-dealkylation sites (tertiary alicyclic amines) is 1. The van der Waals surface area contributed by atoms with Crippen molar-refractivity contribution in [1.82, 2.24) is 10.2 Å². The third-order valence-corrected chi connectivity index (χ3v) is 3.91. The number of amides is 1. The largest absolute Gasteiger partial charge is 0.312 e. The van der Waals surface area contributed by atoms with Crippen LogP contribution in [0.2, 0.25) is 0 Å². The predicted octanol–water partition coefficient (Wildman–Crippen LogP) is 1.03. The van der Waals surface area contributed by atoms with E-state index in [0.717, 1.165) is 19.3 Å². The molecule has 0 unspecified atom stereocenters. The average Bonchev–Trinajstić information content (AvgIpc) is 3.04. The third kappa shape index (κ3) is 2.66. The number of nitrogens with one attached hydrogen (secondary N) is 1. The zero-order valence-electron chi connectivity index (χ0n) is 10.6. The summed E-state index contributed by atoms with van der Waals surface area (Å²) in [6, 6.07) is 2.08. The minimum Gasteiger partial charge on any atom is -0.312 e. The minimum absolute atomic E-state index is 0.0334. The summed E-state index contributed by atoms with van der Waals surface area (Å²) in [4.78, 5) is 13.7. The molecule has 2 fully saturated rings. The number of rotatable bonds is 3. The minimum atomic E-state index is -0.344. The normalized spacial score (nSPS) is 28.0. The van der Waals surface area contributed by atoms with Gasteiger partial charge in [-0.05, 0) is 25.7 Å². The van der Waals surface area contributed by atoms with Crippen LogP contribution in [-0.2, 0) is 4.79 Å². The molecule has 0 aromatic heterocycles. The Labute approximate surface area is 108 Å². The van der Waals surface area contributed by atoms with Gasteiger partial charge in [-0.3, -0.25) is 4.79 Å². The Morgan fingerprint density at radius 1 is 1.28 bits per heavy atom. The lowest BCUT2D eigenvalue weighted by Gasteiger charge is -2.24. The summed E-state index contributed by atoms with van der Waals surface area (Å²) in [6.07, 6.45) is 11.6. The monoisotopic (exact) mass is 245 g/mol. The second-order valence-corrected chi connectivity index (χ2v) is 5.07. The van der Waals surface area contributed by atoms with E-state index in [0.29, 0.717) is 19.0 Å². The number of carbonyl (C=O) groups excluding carboxylic acids is 1. The second kappa shape index (κ2) is 5.89. The summed E-state index contributed by atoms with van der Waals surface area (Å²) < 4.78 is 0. The van der Waals surface area contributed by atoms with Crippen LogP contribution in [0.3, 0.4) is 0 Å². The van der Waals surface area contributed by atoms with Crippen molar-refractivity contribution in [2.45, 2.75) is 56.7 Å². The van der Waals surface area contributed by atoms with Gasteiger partial charge in [0.1, 0.15) is 6.04 Å². The molecule has 1 aliphatic heterocycles. The molecule has 2 atom stereocenters. The van der Waals surface area contributed by atoms with Gasteiger partial charge in [-0.25, -0.2) is 0 Å². The van der Waals surface area contributed by atoms with E-state index < -0.39 is 0 Å². The highest BCUT2D eigenvalue weighted by atomic mass is 16.2. The number of hydrogen-bond acceptors (Lipinski definition) is 3. The molecule has 18 heavy (non-hydrogen) atoms. The van der Waals surface area contributed by atoms with E-state index in [-0.39, 0.29) is 18.0 Å². The highest BCUT2D eigenvalue weighted by Gasteiger charge is 2.35. The van der Waals surface area contributed by atoms with Gasteiger partial charge in [0.25, 0.3) is 0 Å². The maximum atomic E-state index is 12.2. The lowest BCUT2D eigenvalue weighted by atomic mass is 10.2. The fourth-order valence-corrected chi connectivity index (χ4v) is 2.90. The first-order chi connectivity index (χ1) is 8.76. The number of nitrogens with zero attached hydrogens (tertiary/aromatic N) is 2. The Kier molecular flexibility index (Phi) is 4.23. The Balaban J connectivity index is 1.90. The number of hydrogen-bond donors (Lipinski definition) is 1. The molecule has 0 radical (unpaired) electrons. The molecular formula is C14H19N3O. The molecule has 1 amide bonds. The molecule has 0 aromatic rings. The van der Waals surface area contributed by atoms with Crippen LogP contribution in [0.4, 0.5) is 0 Å². The molecule has 1 aliphatic carbocycles. The number of terminal acetylenes is 1. The van der Waals surface area contributed by atoms with Gasteiger partial charge in [0, 0.05) is 6.04 Å². The van der Waals surface area contributed by atoms with Crippen LogP contribution >= 0.6 is 0 Å². The van der Waals surface area contributed by atoms with Crippen molar-refractivity contribution in [3.63, 3.8) is 0 Å². The van der Waals surface area contributed by atoms with Gasteiger partial charge in [0.2, 0.25) is 5.91 Å². The molecule has 1 saturated carbocycles. The van der Waals surface area contributed by atoms with E-state index in [9.17, 15) is 4.79 Å². The summed E-state index contributed by atoms with van der Waals surface area (Å²) in [5, 5.41) is 12.3. The smallest absolute Gasteiger partial charge is 0.238 e. The van der Waals surface area contributed by atoms with Gasteiger partial charge in [0.05, 0.1) is 18.7 Å². The molecule has 4 nitrogen and oxygen atoms in total. The standard InChI is InChI=1S/C14H19N3O/c1-2-12-7-8-13(9-15)17(12)14(18)10-16-11-5-3-4-6-11/h1,11-13,16H,3-8,10H2/t12-,13+/m1/s1. The number of nitriles is 1. The summed E-state index contributed by atoms with van der Waals surface area (Å²) in [7, 11) is 0. The van der Waals surface area contributed by atoms with Gasteiger partial charge in [0.15, 0.2) is 0 Å². The molecule has 0 spiro atoms. The summed E-state index contributed by atoms with van der Waals surface area (Å²) in [6.45, 7) is 0.307. The van der Waals surface area contributed by atoms with E-state index in [4.69, 9.17) is 11.7 Å². The maximum absolute atomic E-state index is 12.2. The van der Waals surface area contributed by atoms with Crippen LogP contribution in [0, 0.1) is 23.7 Å². The Morgan fingerprint density at radius 2 is 1.94 bits per heavy atom. The van der Waals surface area contributed by atoms with Crippen LogP contribution in [-0.4, -0.2) is 35.5 Å². The molecule has 0 bridgehead atoms. The Bertz CT molecular complexity index is 365. The highest BCUT2D eigenvalue weighted by Crippen LogP contribution is 2.23. The van der Waals surface area contributed by atoms with E-state index in [1.807, 2.05) is 0 Å². The van der Waals surface area contributed by atoms with Gasteiger partial charge in [-0.2, -0.15) is 5.26 Å². The van der Waals surface area contributed by atoms with Gasteiger partial charge < -0.3 is 10.2 Å². The maximum Gasteiger partial charge on any atom is 0.238 e. The molecular weight excluding hydrogens is 226 g/mol. The first-order valence-corrected chi connectivity index (χ1v) is 6.66. The van der Waals surface area contributed by atoms with E-state index in [1.54, 1.807) is 4.90 Å². The van der Waals surface area contributed by atoms with Crippen LogP contribution in [0.15, 0.2) is 0 Å². The molecule has 1 heterocycles. The Morgan fingerprint density at radius 3 is 2.56 bits per heavy atom. The van der Waals surface area contributed by atoms with Gasteiger partial charge in [-0.15, -0.1) is 6.42 Å². The average molecular weight is 245 g/mol. The van der Waals surface area contributed by atoms with E-state index in [1.165, 1.54) is 12.8 Å². The molecule has 0 aromatic carbocycles. The molecule has 4 heteroatoms. The van der Waals surface area contributed by atoms with Gasteiger partial charge in [-0.1, -0.05) is 18.8 Å². The topological polar surface area (TPSA) is 56.1 Å². The van der Waals surface area contributed by atoms with Crippen molar-refractivity contribution in [3.8, 4) is 18.4 Å². The van der Waals surface area contributed by atoms with Crippen molar-refractivity contribution < 1.29 is 4.79 Å². The molecule has 2 rings (SSSR count). The second-order valence-electron chi connectivity index (χ2n) is 5.07. The SMILES string of the molecule is C#C[C@@H]1CC[C@@H](C#N)N1C(=O)CNC1CCCC1. The van der Waals surface area contributed by atoms with Crippen molar-refractivity contribution in [3.05, 3.63) is 0 Å². The third-order valence-electron chi connectivity index (χ3n) is 3.91. The van der Waals surface area contributed by atoms with Crippen molar-refractivity contribution >= 4 is 5.91 Å². The van der Waals surface area contributed by atoms with Gasteiger partial charge >= 0.3 is 0 Å². The fraction of sp³-hybridized carbons (Fsp3) is 0.714.